The average molecular weight is 240 g/mol. The highest BCUT2D eigenvalue weighted by molar-refractivity contribution is 6.00. The summed E-state index contributed by atoms with van der Waals surface area (Å²) in [4.78, 5) is 23.4. The predicted octanol–water partition coefficient (Wildman–Crippen LogP) is 0.281. The molecule has 17 heavy (non-hydrogen) atoms. The van der Waals surface area contributed by atoms with Crippen molar-refractivity contribution in [2.75, 3.05) is 20.8 Å². The van der Waals surface area contributed by atoms with Crippen molar-refractivity contribution in [1.82, 2.24) is 0 Å². The first-order valence-corrected chi connectivity index (χ1v) is 4.95. The van der Waals surface area contributed by atoms with Crippen LogP contribution in [0.5, 0.6) is 0 Å². The number of carbonyl (C=O) groups excluding carboxylic acids is 2. The van der Waals surface area contributed by atoms with Crippen LogP contribution in [0.25, 0.3) is 0 Å². The summed E-state index contributed by atoms with van der Waals surface area (Å²) in [5, 5.41) is 8.63. The van der Waals surface area contributed by atoms with Crippen LogP contribution in [0.4, 0.5) is 0 Å². The Kier molecular flexibility index (Phi) is 6.68. The van der Waals surface area contributed by atoms with E-state index in [9.17, 15) is 9.59 Å². The van der Waals surface area contributed by atoms with Crippen molar-refractivity contribution < 1.29 is 24.2 Å². The number of rotatable bonds is 6. The first kappa shape index (κ1) is 15.2. The van der Waals surface area contributed by atoms with E-state index in [0.717, 1.165) is 0 Å². The molecule has 0 heterocycles. The maximum Gasteiger partial charge on any atom is 0.324 e. The summed E-state index contributed by atoms with van der Waals surface area (Å²) < 4.78 is 9.18. The Balaban J connectivity index is 5.25. The number of carbonyl (C=O) groups is 2. The minimum atomic E-state index is -1.54. The molecule has 0 amide bonds. The quantitative estimate of drug-likeness (QED) is 0.312. The first-order valence-electron chi connectivity index (χ1n) is 4.95. The van der Waals surface area contributed by atoms with Gasteiger partial charge in [0.25, 0.3) is 0 Å². The highest BCUT2D eigenvalue weighted by Crippen LogP contribution is 2.30. The fourth-order valence-electron chi connectivity index (χ4n) is 1.39. The van der Waals surface area contributed by atoms with Gasteiger partial charge in [0.2, 0.25) is 0 Å². The largest absolute Gasteiger partial charge is 0.468 e. The van der Waals surface area contributed by atoms with Gasteiger partial charge >= 0.3 is 11.9 Å². The van der Waals surface area contributed by atoms with E-state index in [1.807, 2.05) is 0 Å². The molecule has 0 aromatic heterocycles. The van der Waals surface area contributed by atoms with Crippen LogP contribution in [-0.4, -0.2) is 37.9 Å². The van der Waals surface area contributed by atoms with Gasteiger partial charge in [-0.1, -0.05) is 12.2 Å². The van der Waals surface area contributed by atoms with Crippen molar-refractivity contribution in [2.45, 2.75) is 12.8 Å². The standard InChI is InChI=1S/C12H16O5/c1-4-7-12(10(14)16-2,11(15)17-3)8-5-6-9-13/h1,5-6,13H,7-9H2,2-3H3/b6-5-. The third kappa shape index (κ3) is 3.61. The maximum atomic E-state index is 11.7. The summed E-state index contributed by atoms with van der Waals surface area (Å²) in [7, 11) is 2.35. The SMILES string of the molecule is C#CCC(C/C=C\CO)(C(=O)OC)C(=O)OC. The van der Waals surface area contributed by atoms with Gasteiger partial charge in [0.15, 0.2) is 5.41 Å². The fraction of sp³-hybridized carbons (Fsp3) is 0.500. The summed E-state index contributed by atoms with van der Waals surface area (Å²) in [5.74, 6) is 0.777. The average Bonchev–Trinajstić information content (AvgIpc) is 2.35. The highest BCUT2D eigenvalue weighted by atomic mass is 16.5. The monoisotopic (exact) mass is 240 g/mol. The van der Waals surface area contributed by atoms with Gasteiger partial charge in [-0.2, -0.15) is 0 Å². The van der Waals surface area contributed by atoms with Crippen molar-refractivity contribution >= 4 is 11.9 Å². The van der Waals surface area contributed by atoms with Gasteiger partial charge in [0.1, 0.15) is 0 Å². The van der Waals surface area contributed by atoms with E-state index in [-0.39, 0.29) is 19.4 Å². The fourth-order valence-corrected chi connectivity index (χ4v) is 1.39. The number of hydrogen-bond donors (Lipinski definition) is 1. The van der Waals surface area contributed by atoms with Crippen molar-refractivity contribution in [3.63, 3.8) is 0 Å². The zero-order valence-corrected chi connectivity index (χ0v) is 9.93. The Morgan fingerprint density at radius 1 is 1.29 bits per heavy atom. The van der Waals surface area contributed by atoms with E-state index in [4.69, 9.17) is 11.5 Å². The Morgan fingerprint density at radius 3 is 2.18 bits per heavy atom. The first-order chi connectivity index (χ1) is 8.08. The summed E-state index contributed by atoms with van der Waals surface area (Å²) >= 11 is 0. The van der Waals surface area contributed by atoms with Crippen molar-refractivity contribution in [1.29, 1.82) is 0 Å². The van der Waals surface area contributed by atoms with Gasteiger partial charge in [-0.05, 0) is 6.42 Å². The Hall–Kier alpha value is -1.80. The lowest BCUT2D eigenvalue weighted by Gasteiger charge is -2.24. The van der Waals surface area contributed by atoms with Crippen LogP contribution in [0.1, 0.15) is 12.8 Å². The molecule has 0 aliphatic heterocycles. The van der Waals surface area contributed by atoms with Crippen LogP contribution < -0.4 is 0 Å². The molecular weight excluding hydrogens is 224 g/mol. The van der Waals surface area contributed by atoms with E-state index in [1.165, 1.54) is 26.4 Å². The van der Waals surface area contributed by atoms with Crippen LogP contribution in [0.3, 0.4) is 0 Å². The van der Waals surface area contributed by atoms with Gasteiger partial charge < -0.3 is 14.6 Å². The van der Waals surface area contributed by atoms with Crippen molar-refractivity contribution in [3.05, 3.63) is 12.2 Å². The molecule has 0 saturated heterocycles. The zero-order chi connectivity index (χ0) is 13.3. The van der Waals surface area contributed by atoms with Crippen LogP contribution >= 0.6 is 0 Å². The summed E-state index contributed by atoms with van der Waals surface area (Å²) in [6.07, 6.45) is 7.97. The Morgan fingerprint density at radius 2 is 1.82 bits per heavy atom. The van der Waals surface area contributed by atoms with Crippen LogP contribution in [0.15, 0.2) is 12.2 Å². The third-order valence-electron chi connectivity index (χ3n) is 2.29. The second kappa shape index (κ2) is 7.47. The molecule has 0 radical (unpaired) electrons. The molecule has 1 N–H and O–H groups in total. The summed E-state index contributed by atoms with van der Waals surface area (Å²) in [6, 6.07) is 0. The van der Waals surface area contributed by atoms with Crippen molar-refractivity contribution in [3.8, 4) is 12.3 Å². The van der Waals surface area contributed by atoms with Gasteiger partial charge in [0, 0.05) is 6.42 Å². The molecule has 0 fully saturated rings. The summed E-state index contributed by atoms with van der Waals surface area (Å²) in [6.45, 7) is -0.186. The lowest BCUT2D eigenvalue weighted by molar-refractivity contribution is -0.168. The maximum absolute atomic E-state index is 11.7. The normalized spacial score (nSPS) is 10.9. The lowest BCUT2D eigenvalue weighted by Crippen LogP contribution is -2.40. The van der Waals surface area contributed by atoms with Crippen molar-refractivity contribution in [2.24, 2.45) is 5.41 Å². The van der Waals surface area contributed by atoms with E-state index in [2.05, 4.69) is 15.4 Å². The van der Waals surface area contributed by atoms with E-state index >= 15 is 0 Å². The number of aliphatic hydroxyl groups excluding tert-OH is 1. The zero-order valence-electron chi connectivity index (χ0n) is 9.93. The molecule has 0 unspecified atom stereocenters. The number of allylic oxidation sites excluding steroid dienone is 1. The number of hydrogen-bond acceptors (Lipinski definition) is 5. The van der Waals surface area contributed by atoms with E-state index < -0.39 is 17.4 Å². The van der Waals surface area contributed by atoms with Gasteiger partial charge in [-0.15, -0.1) is 12.3 Å². The molecule has 0 aliphatic carbocycles. The topological polar surface area (TPSA) is 72.8 Å². The van der Waals surface area contributed by atoms with Crippen LogP contribution in [0.2, 0.25) is 0 Å². The smallest absolute Gasteiger partial charge is 0.324 e. The number of terminal acetylenes is 1. The summed E-state index contributed by atoms with van der Waals surface area (Å²) in [5.41, 5.74) is -1.54. The number of aliphatic hydroxyl groups is 1. The van der Waals surface area contributed by atoms with Gasteiger partial charge in [0.05, 0.1) is 20.8 Å². The molecule has 0 bridgehead atoms. The molecule has 0 spiro atoms. The van der Waals surface area contributed by atoms with Gasteiger partial charge in [-0.3, -0.25) is 9.59 Å². The Labute approximate surface area is 100 Å². The third-order valence-corrected chi connectivity index (χ3v) is 2.29. The molecule has 94 valence electrons. The molecule has 0 aliphatic rings. The van der Waals surface area contributed by atoms with E-state index in [1.54, 1.807) is 0 Å². The molecule has 5 nitrogen and oxygen atoms in total. The molecule has 5 heteroatoms. The second-order valence-corrected chi connectivity index (χ2v) is 3.30. The predicted molar refractivity (Wildman–Crippen MR) is 60.8 cm³/mol. The minimum absolute atomic E-state index is 0.0249. The van der Waals surface area contributed by atoms with Crippen LogP contribution in [0, 0.1) is 17.8 Å². The number of esters is 2. The molecule has 0 saturated carbocycles. The lowest BCUT2D eigenvalue weighted by atomic mass is 9.81. The second-order valence-electron chi connectivity index (χ2n) is 3.30. The van der Waals surface area contributed by atoms with Crippen LogP contribution in [-0.2, 0) is 19.1 Å². The highest BCUT2D eigenvalue weighted by Gasteiger charge is 2.46. The van der Waals surface area contributed by atoms with E-state index in [0.29, 0.717) is 0 Å². The van der Waals surface area contributed by atoms with Gasteiger partial charge in [-0.25, -0.2) is 0 Å². The molecule has 0 aromatic carbocycles. The molecule has 0 rings (SSSR count). The molecular formula is C12H16O5. The molecule has 0 aromatic rings. The number of ether oxygens (including phenoxy) is 2. The number of methoxy groups -OCH3 is 2. The Bertz CT molecular complexity index is 321. The minimum Gasteiger partial charge on any atom is -0.468 e. The molecule has 0 atom stereocenters.